The second-order valence-corrected chi connectivity index (χ2v) is 7.86. The van der Waals surface area contributed by atoms with E-state index in [0.717, 1.165) is 13.0 Å². The molecule has 7 nitrogen and oxygen atoms in total. The van der Waals surface area contributed by atoms with Crippen LogP contribution in [0.15, 0.2) is 0 Å². The molecule has 140 valence electrons. The average molecular weight is 343 g/mol. The molecule has 2 amide bonds. The van der Waals surface area contributed by atoms with E-state index in [1.807, 2.05) is 13.8 Å². The fourth-order valence-electron chi connectivity index (χ4n) is 2.64. The van der Waals surface area contributed by atoms with Crippen LogP contribution in [0, 0.1) is 5.92 Å². The van der Waals surface area contributed by atoms with Crippen LogP contribution in [0.2, 0.25) is 0 Å². The standard InChI is InChI=1S/C17H33N3O4/c1-11(2)9-13(20-16(23)24-17(3,4)5)15(22)19-12-7-6-8-18-10-14(12)21/h11-14,18,21H,6-10H2,1-5H3,(H,19,22)(H,20,23)/t12?,13-,14-/m0/s1. The van der Waals surface area contributed by atoms with Gasteiger partial charge in [-0.15, -0.1) is 0 Å². The molecule has 1 rings (SSSR count). The summed E-state index contributed by atoms with van der Waals surface area (Å²) in [4.78, 5) is 24.6. The molecule has 7 heteroatoms. The second kappa shape index (κ2) is 9.22. The molecule has 0 spiro atoms. The quantitative estimate of drug-likeness (QED) is 0.600. The van der Waals surface area contributed by atoms with Crippen LogP contribution in [0.5, 0.6) is 0 Å². The van der Waals surface area contributed by atoms with E-state index >= 15 is 0 Å². The molecule has 4 N–H and O–H groups in total. The molecule has 24 heavy (non-hydrogen) atoms. The predicted octanol–water partition coefficient (Wildman–Crippen LogP) is 1.15. The Labute approximate surface area is 144 Å². The first-order valence-corrected chi connectivity index (χ1v) is 8.77. The third kappa shape index (κ3) is 7.97. The van der Waals surface area contributed by atoms with E-state index in [1.54, 1.807) is 20.8 Å². The summed E-state index contributed by atoms with van der Waals surface area (Å²) in [5, 5.41) is 18.8. The number of β-amino-alcohol motifs (C(OH)–C–C–N with tert-alkyl or cyclic N) is 1. The molecule has 1 aliphatic heterocycles. The topological polar surface area (TPSA) is 99.7 Å². The summed E-state index contributed by atoms with van der Waals surface area (Å²) < 4.78 is 5.24. The zero-order chi connectivity index (χ0) is 18.3. The van der Waals surface area contributed by atoms with Crippen LogP contribution in [0.3, 0.4) is 0 Å². The summed E-state index contributed by atoms with van der Waals surface area (Å²) in [5.74, 6) is -0.0445. The van der Waals surface area contributed by atoms with Gasteiger partial charge < -0.3 is 25.8 Å². The number of rotatable bonds is 5. The minimum Gasteiger partial charge on any atom is -0.444 e. The van der Waals surface area contributed by atoms with Gasteiger partial charge in [0.15, 0.2) is 0 Å². The Balaban J connectivity index is 2.68. The van der Waals surface area contributed by atoms with Gasteiger partial charge in [-0.2, -0.15) is 0 Å². The number of nitrogens with one attached hydrogen (secondary N) is 3. The Morgan fingerprint density at radius 3 is 2.58 bits per heavy atom. The molecular weight excluding hydrogens is 310 g/mol. The lowest BCUT2D eigenvalue weighted by molar-refractivity contribution is -0.125. The molecular formula is C17H33N3O4. The minimum atomic E-state index is -0.678. The van der Waals surface area contributed by atoms with Gasteiger partial charge in [-0.25, -0.2) is 4.79 Å². The van der Waals surface area contributed by atoms with Crippen molar-refractivity contribution >= 4 is 12.0 Å². The predicted molar refractivity (Wildman–Crippen MR) is 92.7 cm³/mol. The number of aliphatic hydroxyl groups excluding tert-OH is 1. The first kappa shape index (κ1) is 20.7. The Hall–Kier alpha value is -1.34. The number of ether oxygens (including phenoxy) is 1. The third-order valence-electron chi connectivity index (χ3n) is 3.73. The average Bonchev–Trinajstić information content (AvgIpc) is 2.60. The molecule has 0 aromatic rings. The Kier molecular flexibility index (Phi) is 7.96. The number of alkyl carbamates (subject to hydrolysis) is 1. The first-order chi connectivity index (χ1) is 11.1. The van der Waals surface area contributed by atoms with Crippen molar-refractivity contribution in [1.82, 2.24) is 16.0 Å². The summed E-state index contributed by atoms with van der Waals surface area (Å²) in [7, 11) is 0. The van der Waals surface area contributed by atoms with Gasteiger partial charge in [0.2, 0.25) is 5.91 Å². The summed E-state index contributed by atoms with van der Waals surface area (Å²) in [6.07, 6.45) is 0.868. The van der Waals surface area contributed by atoms with E-state index in [0.29, 0.717) is 19.4 Å². The van der Waals surface area contributed by atoms with Crippen LogP contribution in [0.4, 0.5) is 4.79 Å². The molecule has 0 bridgehead atoms. The zero-order valence-electron chi connectivity index (χ0n) is 15.5. The van der Waals surface area contributed by atoms with Gasteiger partial charge in [0.05, 0.1) is 12.1 Å². The lowest BCUT2D eigenvalue weighted by atomic mass is 10.0. The largest absolute Gasteiger partial charge is 0.444 e. The summed E-state index contributed by atoms with van der Waals surface area (Å²) >= 11 is 0. The van der Waals surface area contributed by atoms with Crippen molar-refractivity contribution in [3.8, 4) is 0 Å². The molecule has 0 aromatic heterocycles. The van der Waals surface area contributed by atoms with E-state index < -0.39 is 23.8 Å². The molecule has 1 heterocycles. The summed E-state index contributed by atoms with van der Waals surface area (Å²) in [6.45, 7) is 10.6. The fraction of sp³-hybridized carbons (Fsp3) is 0.882. The van der Waals surface area contributed by atoms with Crippen LogP contribution in [0.1, 0.15) is 53.9 Å². The Morgan fingerprint density at radius 2 is 2.00 bits per heavy atom. The summed E-state index contributed by atoms with van der Waals surface area (Å²) in [5.41, 5.74) is -0.619. The maximum Gasteiger partial charge on any atom is 0.408 e. The Bertz CT molecular complexity index is 421. The molecule has 0 aromatic carbocycles. The van der Waals surface area contributed by atoms with Gasteiger partial charge in [0.25, 0.3) is 0 Å². The number of carbonyl (C=O) groups excluding carboxylic acids is 2. The van der Waals surface area contributed by atoms with Crippen molar-refractivity contribution < 1.29 is 19.4 Å². The van der Waals surface area contributed by atoms with Crippen LogP contribution >= 0.6 is 0 Å². The van der Waals surface area contributed by atoms with Gasteiger partial charge in [0, 0.05) is 6.54 Å². The lowest BCUT2D eigenvalue weighted by Gasteiger charge is -2.27. The molecule has 1 saturated heterocycles. The monoisotopic (exact) mass is 343 g/mol. The van der Waals surface area contributed by atoms with Gasteiger partial charge in [0.1, 0.15) is 11.6 Å². The van der Waals surface area contributed by atoms with Gasteiger partial charge in [-0.3, -0.25) is 4.79 Å². The zero-order valence-corrected chi connectivity index (χ0v) is 15.5. The van der Waals surface area contributed by atoms with Crippen LogP contribution in [0.25, 0.3) is 0 Å². The normalized spacial score (nSPS) is 23.3. The molecule has 0 radical (unpaired) electrons. The van der Waals surface area contributed by atoms with Crippen molar-refractivity contribution in [3.05, 3.63) is 0 Å². The number of aliphatic hydroxyl groups is 1. The minimum absolute atomic E-state index is 0.233. The maximum absolute atomic E-state index is 12.6. The summed E-state index contributed by atoms with van der Waals surface area (Å²) in [6, 6.07) is -0.981. The number of amides is 2. The molecule has 1 fully saturated rings. The van der Waals surface area contributed by atoms with Crippen LogP contribution < -0.4 is 16.0 Å². The van der Waals surface area contributed by atoms with E-state index in [4.69, 9.17) is 4.74 Å². The number of carbonyl (C=O) groups is 2. The highest BCUT2D eigenvalue weighted by atomic mass is 16.6. The van der Waals surface area contributed by atoms with Crippen molar-refractivity contribution in [3.63, 3.8) is 0 Å². The van der Waals surface area contributed by atoms with E-state index in [9.17, 15) is 14.7 Å². The highest BCUT2D eigenvalue weighted by Crippen LogP contribution is 2.11. The van der Waals surface area contributed by atoms with E-state index in [-0.39, 0.29) is 17.9 Å². The molecule has 1 unspecified atom stereocenters. The number of hydrogen-bond donors (Lipinski definition) is 4. The van der Waals surface area contributed by atoms with Crippen LogP contribution in [-0.2, 0) is 9.53 Å². The SMILES string of the molecule is CC(C)C[C@H](NC(=O)OC(C)(C)C)C(=O)NC1CCCNC[C@@H]1O. The fourth-order valence-corrected chi connectivity index (χ4v) is 2.64. The van der Waals surface area contributed by atoms with E-state index in [2.05, 4.69) is 16.0 Å². The lowest BCUT2D eigenvalue weighted by Crippen LogP contribution is -2.54. The van der Waals surface area contributed by atoms with Crippen molar-refractivity contribution in [2.75, 3.05) is 13.1 Å². The molecule has 0 saturated carbocycles. The second-order valence-electron chi connectivity index (χ2n) is 7.86. The molecule has 1 aliphatic rings. The van der Waals surface area contributed by atoms with Gasteiger partial charge in [-0.1, -0.05) is 13.8 Å². The Morgan fingerprint density at radius 1 is 1.33 bits per heavy atom. The number of hydrogen-bond acceptors (Lipinski definition) is 5. The van der Waals surface area contributed by atoms with Crippen molar-refractivity contribution in [1.29, 1.82) is 0 Å². The molecule has 3 atom stereocenters. The van der Waals surface area contributed by atoms with Crippen molar-refractivity contribution in [2.24, 2.45) is 5.92 Å². The van der Waals surface area contributed by atoms with Gasteiger partial charge in [-0.05, 0) is 52.5 Å². The smallest absolute Gasteiger partial charge is 0.408 e. The first-order valence-electron chi connectivity index (χ1n) is 8.77. The highest BCUT2D eigenvalue weighted by molar-refractivity contribution is 5.85. The maximum atomic E-state index is 12.6. The third-order valence-corrected chi connectivity index (χ3v) is 3.73. The van der Waals surface area contributed by atoms with Gasteiger partial charge >= 0.3 is 6.09 Å². The molecule has 0 aliphatic carbocycles. The highest BCUT2D eigenvalue weighted by Gasteiger charge is 2.29. The van der Waals surface area contributed by atoms with E-state index in [1.165, 1.54) is 0 Å². The van der Waals surface area contributed by atoms with Crippen LogP contribution in [-0.4, -0.2) is 54.0 Å². The van der Waals surface area contributed by atoms with Crippen molar-refractivity contribution in [2.45, 2.75) is 77.7 Å².